The Bertz CT molecular complexity index is 621. The molecule has 24 heavy (non-hydrogen) atoms. The first-order chi connectivity index (χ1) is 11.6. The zero-order chi connectivity index (χ0) is 17.0. The van der Waals surface area contributed by atoms with Gasteiger partial charge in [0.15, 0.2) is 0 Å². The average Bonchev–Trinajstić information content (AvgIpc) is 2.63. The van der Waals surface area contributed by atoms with Crippen LogP contribution < -0.4 is 14.9 Å². The summed E-state index contributed by atoms with van der Waals surface area (Å²) in [7, 11) is -1.55. The summed E-state index contributed by atoms with van der Waals surface area (Å²) in [4.78, 5) is 6.66. The van der Waals surface area contributed by atoms with Crippen molar-refractivity contribution in [1.29, 1.82) is 0 Å². The molecule has 0 bridgehead atoms. The van der Waals surface area contributed by atoms with Crippen molar-refractivity contribution in [3.05, 3.63) is 18.3 Å². The highest BCUT2D eigenvalue weighted by atomic mass is 32.2. The van der Waals surface area contributed by atoms with Crippen molar-refractivity contribution >= 4 is 15.8 Å². The van der Waals surface area contributed by atoms with Gasteiger partial charge in [-0.05, 0) is 44.9 Å². The van der Waals surface area contributed by atoms with Crippen molar-refractivity contribution in [3.63, 3.8) is 0 Å². The molecular weight excluding hydrogens is 328 g/mol. The zero-order valence-corrected chi connectivity index (χ0v) is 14.9. The highest BCUT2D eigenvalue weighted by Gasteiger charge is 2.25. The standard InChI is InChI=1S/C16H26N4O3S/c1-17-13-2-4-14(5-3-13)19-24(21,22)15-6-7-16(18-12-15)20-8-10-23-11-9-20/h6-7,12-14,17,19H,2-5,8-11H2,1H3. The van der Waals surface area contributed by atoms with E-state index < -0.39 is 10.0 Å². The average molecular weight is 354 g/mol. The lowest BCUT2D eigenvalue weighted by Crippen LogP contribution is -2.41. The lowest BCUT2D eigenvalue weighted by molar-refractivity contribution is 0.122. The minimum atomic E-state index is -3.51. The highest BCUT2D eigenvalue weighted by Crippen LogP contribution is 2.21. The number of rotatable bonds is 5. The van der Waals surface area contributed by atoms with Gasteiger partial charge in [-0.1, -0.05) is 0 Å². The Morgan fingerprint density at radius 2 is 1.79 bits per heavy atom. The zero-order valence-electron chi connectivity index (χ0n) is 14.1. The fraction of sp³-hybridized carbons (Fsp3) is 0.688. The molecule has 2 fully saturated rings. The van der Waals surface area contributed by atoms with Gasteiger partial charge in [-0.15, -0.1) is 0 Å². The second-order valence-electron chi connectivity index (χ2n) is 6.41. The Hall–Kier alpha value is -1.22. The molecule has 1 aliphatic heterocycles. The third-order valence-electron chi connectivity index (χ3n) is 4.82. The molecule has 134 valence electrons. The molecule has 2 heterocycles. The van der Waals surface area contributed by atoms with Crippen LogP contribution in [0.4, 0.5) is 5.82 Å². The van der Waals surface area contributed by atoms with Crippen LogP contribution in [0.2, 0.25) is 0 Å². The number of hydrogen-bond acceptors (Lipinski definition) is 6. The highest BCUT2D eigenvalue weighted by molar-refractivity contribution is 7.89. The number of hydrogen-bond donors (Lipinski definition) is 2. The van der Waals surface area contributed by atoms with E-state index in [1.807, 2.05) is 7.05 Å². The number of morpholine rings is 1. The summed E-state index contributed by atoms with van der Waals surface area (Å²) in [6, 6.07) is 3.93. The maximum absolute atomic E-state index is 12.5. The third-order valence-corrected chi connectivity index (χ3v) is 6.33. The lowest BCUT2D eigenvalue weighted by Gasteiger charge is -2.29. The summed E-state index contributed by atoms with van der Waals surface area (Å²) in [5.41, 5.74) is 0. The molecule has 0 aromatic carbocycles. The van der Waals surface area contributed by atoms with Crippen molar-refractivity contribution in [1.82, 2.24) is 15.0 Å². The van der Waals surface area contributed by atoms with Crippen molar-refractivity contribution in [2.45, 2.75) is 42.7 Å². The van der Waals surface area contributed by atoms with E-state index in [0.717, 1.165) is 44.6 Å². The normalized spacial score (nSPS) is 25.6. The van der Waals surface area contributed by atoms with Crippen molar-refractivity contribution in [2.24, 2.45) is 0 Å². The van der Waals surface area contributed by atoms with Gasteiger partial charge < -0.3 is 15.0 Å². The van der Waals surface area contributed by atoms with Gasteiger partial charge in [0.25, 0.3) is 0 Å². The molecule has 0 radical (unpaired) electrons. The number of ether oxygens (including phenoxy) is 1. The first kappa shape index (κ1) is 17.6. The fourth-order valence-corrected chi connectivity index (χ4v) is 4.55. The maximum atomic E-state index is 12.5. The Labute approximate surface area is 143 Å². The molecular formula is C16H26N4O3S. The van der Waals surface area contributed by atoms with Gasteiger partial charge in [0.05, 0.1) is 13.2 Å². The van der Waals surface area contributed by atoms with Gasteiger partial charge in [0.1, 0.15) is 10.7 Å². The summed E-state index contributed by atoms with van der Waals surface area (Å²) < 4.78 is 33.2. The first-order valence-electron chi connectivity index (χ1n) is 8.57. The predicted molar refractivity (Wildman–Crippen MR) is 92.7 cm³/mol. The molecule has 1 aliphatic carbocycles. The summed E-state index contributed by atoms with van der Waals surface area (Å²) >= 11 is 0. The van der Waals surface area contributed by atoms with Crippen LogP contribution in [0, 0.1) is 0 Å². The van der Waals surface area contributed by atoms with E-state index >= 15 is 0 Å². The Kier molecular flexibility index (Phi) is 5.70. The van der Waals surface area contributed by atoms with Crippen LogP contribution in [0.25, 0.3) is 0 Å². The minimum absolute atomic E-state index is 0.0125. The molecule has 0 spiro atoms. The molecule has 0 amide bonds. The largest absolute Gasteiger partial charge is 0.378 e. The number of aromatic nitrogens is 1. The maximum Gasteiger partial charge on any atom is 0.242 e. The summed E-state index contributed by atoms with van der Waals surface area (Å²) in [6.45, 7) is 2.93. The first-order valence-corrected chi connectivity index (χ1v) is 10.0. The van der Waals surface area contributed by atoms with Crippen molar-refractivity contribution in [3.8, 4) is 0 Å². The second-order valence-corrected chi connectivity index (χ2v) is 8.12. The molecule has 2 aliphatic rings. The Morgan fingerprint density at radius 3 is 2.38 bits per heavy atom. The fourth-order valence-electron chi connectivity index (χ4n) is 3.30. The smallest absolute Gasteiger partial charge is 0.242 e. The van der Waals surface area contributed by atoms with Crippen molar-refractivity contribution in [2.75, 3.05) is 38.3 Å². The minimum Gasteiger partial charge on any atom is -0.378 e. The number of nitrogens with zero attached hydrogens (tertiary/aromatic N) is 2. The Morgan fingerprint density at radius 1 is 1.12 bits per heavy atom. The molecule has 1 saturated heterocycles. The van der Waals surface area contributed by atoms with Gasteiger partial charge in [-0.25, -0.2) is 18.1 Å². The number of anilines is 1. The van der Waals surface area contributed by atoms with Gasteiger partial charge >= 0.3 is 0 Å². The van der Waals surface area contributed by atoms with E-state index in [2.05, 4.69) is 19.9 Å². The molecule has 0 atom stereocenters. The van der Waals surface area contributed by atoms with Gasteiger partial charge in [0, 0.05) is 31.4 Å². The number of nitrogens with one attached hydrogen (secondary N) is 2. The molecule has 8 heteroatoms. The monoisotopic (exact) mass is 354 g/mol. The van der Waals surface area contributed by atoms with Crippen LogP contribution in [0.3, 0.4) is 0 Å². The molecule has 2 N–H and O–H groups in total. The summed E-state index contributed by atoms with van der Waals surface area (Å²) in [6.07, 6.45) is 5.18. The molecule has 0 unspecified atom stereocenters. The second kappa shape index (κ2) is 7.77. The van der Waals surface area contributed by atoms with E-state index in [9.17, 15) is 8.42 Å². The Balaban J connectivity index is 1.62. The van der Waals surface area contributed by atoms with Crippen LogP contribution in [-0.4, -0.2) is 58.8 Å². The third kappa shape index (κ3) is 4.24. The topological polar surface area (TPSA) is 83.6 Å². The van der Waals surface area contributed by atoms with Crippen LogP contribution >= 0.6 is 0 Å². The van der Waals surface area contributed by atoms with E-state index in [1.165, 1.54) is 6.20 Å². The van der Waals surface area contributed by atoms with Crippen LogP contribution in [0.5, 0.6) is 0 Å². The van der Waals surface area contributed by atoms with Crippen LogP contribution in [-0.2, 0) is 14.8 Å². The quantitative estimate of drug-likeness (QED) is 0.811. The molecule has 7 nitrogen and oxygen atoms in total. The SMILES string of the molecule is CNC1CCC(NS(=O)(=O)c2ccc(N3CCOCC3)nc2)CC1. The van der Waals surface area contributed by atoms with E-state index in [0.29, 0.717) is 19.3 Å². The molecule has 1 saturated carbocycles. The van der Waals surface area contributed by atoms with E-state index in [-0.39, 0.29) is 10.9 Å². The molecule has 3 rings (SSSR count). The van der Waals surface area contributed by atoms with Gasteiger partial charge in [0.2, 0.25) is 10.0 Å². The predicted octanol–water partition coefficient (Wildman–Crippen LogP) is 0.727. The van der Waals surface area contributed by atoms with Gasteiger partial charge in [-0.3, -0.25) is 0 Å². The van der Waals surface area contributed by atoms with Gasteiger partial charge in [-0.2, -0.15) is 0 Å². The van der Waals surface area contributed by atoms with E-state index in [1.54, 1.807) is 12.1 Å². The van der Waals surface area contributed by atoms with E-state index in [4.69, 9.17) is 4.74 Å². The lowest BCUT2D eigenvalue weighted by atomic mass is 9.92. The summed E-state index contributed by atoms with van der Waals surface area (Å²) in [5, 5.41) is 3.26. The molecule has 1 aromatic rings. The van der Waals surface area contributed by atoms with Crippen molar-refractivity contribution < 1.29 is 13.2 Å². The molecule has 1 aromatic heterocycles. The summed E-state index contributed by atoms with van der Waals surface area (Å²) in [5.74, 6) is 0.798. The number of sulfonamides is 1. The van der Waals surface area contributed by atoms with Crippen LogP contribution in [0.15, 0.2) is 23.2 Å². The number of pyridine rings is 1. The van der Waals surface area contributed by atoms with Crippen LogP contribution in [0.1, 0.15) is 25.7 Å².